The van der Waals surface area contributed by atoms with Gasteiger partial charge in [-0.1, -0.05) is 18.2 Å². The van der Waals surface area contributed by atoms with Crippen molar-refractivity contribution in [1.29, 1.82) is 0 Å². The van der Waals surface area contributed by atoms with Gasteiger partial charge in [0.25, 0.3) is 0 Å². The van der Waals surface area contributed by atoms with Gasteiger partial charge < -0.3 is 15.0 Å². The fourth-order valence-corrected chi connectivity index (χ4v) is 2.48. The van der Waals surface area contributed by atoms with Gasteiger partial charge in [0.2, 0.25) is 0 Å². The Morgan fingerprint density at radius 2 is 2.28 bits per heavy atom. The minimum Gasteiger partial charge on any atom is -0.494 e. The molecule has 0 saturated heterocycles. The molecular weight excluding hydrogens is 226 g/mol. The Kier molecular flexibility index (Phi) is 3.02. The number of nitrogens with zero attached hydrogens (tertiary/aromatic N) is 1. The van der Waals surface area contributed by atoms with Crippen molar-refractivity contribution in [3.05, 3.63) is 47.5 Å². The van der Waals surface area contributed by atoms with Crippen molar-refractivity contribution < 1.29 is 4.74 Å². The van der Waals surface area contributed by atoms with Crippen molar-refractivity contribution in [3.63, 3.8) is 0 Å². The Morgan fingerprint density at radius 3 is 3.17 bits per heavy atom. The van der Waals surface area contributed by atoms with Crippen molar-refractivity contribution in [2.75, 3.05) is 13.2 Å². The average molecular weight is 243 g/mol. The maximum atomic E-state index is 5.70. The highest BCUT2D eigenvalue weighted by molar-refractivity contribution is 5.41. The molecule has 2 aromatic rings. The summed E-state index contributed by atoms with van der Waals surface area (Å²) in [5.41, 5.74) is 3.48. The molecule has 1 atom stereocenters. The van der Waals surface area contributed by atoms with Gasteiger partial charge in [-0.05, 0) is 13.0 Å². The van der Waals surface area contributed by atoms with Crippen molar-refractivity contribution >= 4 is 0 Å². The van der Waals surface area contributed by atoms with Crippen molar-refractivity contribution in [3.8, 4) is 5.75 Å². The molecule has 0 saturated carbocycles. The second kappa shape index (κ2) is 4.82. The van der Waals surface area contributed by atoms with Crippen LogP contribution in [0.3, 0.4) is 0 Å². The molecule has 1 aliphatic rings. The van der Waals surface area contributed by atoms with Crippen molar-refractivity contribution in [2.24, 2.45) is 0 Å². The molecule has 3 rings (SSSR count). The van der Waals surface area contributed by atoms with Crippen LogP contribution in [0, 0.1) is 0 Å². The van der Waals surface area contributed by atoms with Crippen LogP contribution in [-0.4, -0.2) is 23.1 Å². The number of hydrogen-bond donors (Lipinski definition) is 2. The number of hydrogen-bond acceptors (Lipinski definition) is 3. The molecule has 0 amide bonds. The third-order valence-corrected chi connectivity index (χ3v) is 3.28. The van der Waals surface area contributed by atoms with Crippen LogP contribution >= 0.6 is 0 Å². The molecule has 2 N–H and O–H groups in total. The van der Waals surface area contributed by atoms with Crippen LogP contribution in [0.2, 0.25) is 0 Å². The highest BCUT2D eigenvalue weighted by Crippen LogP contribution is 2.32. The maximum Gasteiger partial charge on any atom is 0.124 e. The standard InChI is InChI=1S/C14H17N3O/c1-2-18-12-6-4-3-5-10(12)13-14-11(7-8-15-13)16-9-17-14/h3-6,9,13,15H,2,7-8H2,1H3,(H,16,17). The molecule has 0 bridgehead atoms. The first kappa shape index (κ1) is 11.3. The normalized spacial score (nSPS) is 18.4. The second-order valence-corrected chi connectivity index (χ2v) is 4.37. The zero-order valence-electron chi connectivity index (χ0n) is 10.4. The van der Waals surface area contributed by atoms with E-state index in [1.807, 2.05) is 25.1 Å². The number of imidazole rings is 1. The Labute approximate surface area is 106 Å². The number of aromatic nitrogens is 2. The average Bonchev–Trinajstić information content (AvgIpc) is 2.88. The van der Waals surface area contributed by atoms with Gasteiger partial charge in [-0.15, -0.1) is 0 Å². The van der Waals surface area contributed by atoms with Crippen LogP contribution < -0.4 is 10.1 Å². The van der Waals surface area contributed by atoms with E-state index < -0.39 is 0 Å². The highest BCUT2D eigenvalue weighted by Gasteiger charge is 2.25. The van der Waals surface area contributed by atoms with Gasteiger partial charge in [-0.2, -0.15) is 0 Å². The Morgan fingerprint density at radius 1 is 1.39 bits per heavy atom. The Balaban J connectivity index is 2.02. The summed E-state index contributed by atoms with van der Waals surface area (Å²) in [5.74, 6) is 0.938. The van der Waals surface area contributed by atoms with E-state index in [9.17, 15) is 0 Å². The van der Waals surface area contributed by atoms with Gasteiger partial charge in [-0.25, -0.2) is 4.98 Å². The van der Waals surface area contributed by atoms with Gasteiger partial charge in [0.05, 0.1) is 24.7 Å². The lowest BCUT2D eigenvalue weighted by molar-refractivity contribution is 0.332. The summed E-state index contributed by atoms with van der Waals surface area (Å²) < 4.78 is 5.70. The molecule has 1 aromatic heterocycles. The van der Waals surface area contributed by atoms with Gasteiger partial charge in [0, 0.05) is 24.2 Å². The zero-order chi connectivity index (χ0) is 12.4. The number of para-hydroxylation sites is 1. The molecule has 0 aliphatic carbocycles. The molecule has 94 valence electrons. The third-order valence-electron chi connectivity index (χ3n) is 3.28. The third kappa shape index (κ3) is 1.88. The van der Waals surface area contributed by atoms with E-state index >= 15 is 0 Å². The number of ether oxygens (including phenoxy) is 1. The first-order valence-corrected chi connectivity index (χ1v) is 6.37. The molecule has 4 nitrogen and oxygen atoms in total. The van der Waals surface area contributed by atoms with Gasteiger partial charge >= 0.3 is 0 Å². The van der Waals surface area contributed by atoms with Crippen LogP contribution in [0.1, 0.15) is 29.9 Å². The summed E-state index contributed by atoms with van der Waals surface area (Å²) in [7, 11) is 0. The number of aromatic amines is 1. The van der Waals surface area contributed by atoms with Crippen molar-refractivity contribution in [2.45, 2.75) is 19.4 Å². The van der Waals surface area contributed by atoms with E-state index in [-0.39, 0.29) is 6.04 Å². The summed E-state index contributed by atoms with van der Waals surface area (Å²) in [6, 6.07) is 8.29. The molecule has 0 spiro atoms. The molecule has 0 fully saturated rings. The number of nitrogens with one attached hydrogen (secondary N) is 2. The quantitative estimate of drug-likeness (QED) is 0.867. The van der Waals surface area contributed by atoms with Gasteiger partial charge in [0.15, 0.2) is 0 Å². The lowest BCUT2D eigenvalue weighted by Crippen LogP contribution is -2.31. The summed E-state index contributed by atoms with van der Waals surface area (Å²) in [4.78, 5) is 7.66. The number of rotatable bonds is 3. The van der Waals surface area contributed by atoms with E-state index in [0.717, 1.165) is 30.0 Å². The minimum absolute atomic E-state index is 0.128. The molecule has 18 heavy (non-hydrogen) atoms. The summed E-state index contributed by atoms with van der Waals surface area (Å²) in [6.45, 7) is 3.64. The Bertz CT molecular complexity index is 535. The lowest BCUT2D eigenvalue weighted by Gasteiger charge is -2.25. The van der Waals surface area contributed by atoms with Crippen LogP contribution in [0.15, 0.2) is 30.6 Å². The molecule has 2 heterocycles. The van der Waals surface area contributed by atoms with Gasteiger partial charge in [0.1, 0.15) is 5.75 Å². The summed E-state index contributed by atoms with van der Waals surface area (Å²) in [5, 5.41) is 3.51. The summed E-state index contributed by atoms with van der Waals surface area (Å²) in [6.07, 6.45) is 2.77. The second-order valence-electron chi connectivity index (χ2n) is 4.37. The number of benzene rings is 1. The molecule has 1 unspecified atom stereocenters. The topological polar surface area (TPSA) is 49.9 Å². The molecular formula is C14H17N3O. The fourth-order valence-electron chi connectivity index (χ4n) is 2.48. The first-order valence-electron chi connectivity index (χ1n) is 6.37. The number of H-pyrrole nitrogens is 1. The van der Waals surface area contributed by atoms with E-state index in [2.05, 4.69) is 21.4 Å². The lowest BCUT2D eigenvalue weighted by atomic mass is 9.97. The monoisotopic (exact) mass is 243 g/mol. The SMILES string of the molecule is CCOc1ccccc1C1NCCc2[nH]cnc21. The van der Waals surface area contributed by atoms with Crippen LogP contribution in [0.4, 0.5) is 0 Å². The molecule has 0 radical (unpaired) electrons. The van der Waals surface area contributed by atoms with Crippen molar-refractivity contribution in [1.82, 2.24) is 15.3 Å². The predicted molar refractivity (Wildman–Crippen MR) is 69.7 cm³/mol. The number of fused-ring (bicyclic) bond motifs is 1. The van der Waals surface area contributed by atoms with E-state index in [1.165, 1.54) is 5.69 Å². The van der Waals surface area contributed by atoms with E-state index in [4.69, 9.17) is 4.74 Å². The predicted octanol–water partition coefficient (Wildman–Crippen LogP) is 2.04. The largest absolute Gasteiger partial charge is 0.494 e. The summed E-state index contributed by atoms with van der Waals surface area (Å²) >= 11 is 0. The fraction of sp³-hybridized carbons (Fsp3) is 0.357. The maximum absolute atomic E-state index is 5.70. The zero-order valence-corrected chi connectivity index (χ0v) is 10.4. The first-order chi connectivity index (χ1) is 8.90. The van der Waals surface area contributed by atoms with Crippen LogP contribution in [-0.2, 0) is 6.42 Å². The highest BCUT2D eigenvalue weighted by atomic mass is 16.5. The minimum atomic E-state index is 0.128. The smallest absolute Gasteiger partial charge is 0.124 e. The molecule has 1 aromatic carbocycles. The van der Waals surface area contributed by atoms with E-state index in [0.29, 0.717) is 6.61 Å². The molecule has 1 aliphatic heterocycles. The van der Waals surface area contributed by atoms with E-state index in [1.54, 1.807) is 6.33 Å². The van der Waals surface area contributed by atoms with Crippen LogP contribution in [0.5, 0.6) is 5.75 Å². The Hall–Kier alpha value is -1.81. The van der Waals surface area contributed by atoms with Crippen LogP contribution in [0.25, 0.3) is 0 Å². The molecule has 4 heteroatoms. The van der Waals surface area contributed by atoms with Gasteiger partial charge in [-0.3, -0.25) is 0 Å².